The van der Waals surface area contributed by atoms with Gasteiger partial charge in [0.05, 0.1) is 32.0 Å². The van der Waals surface area contributed by atoms with Crippen molar-refractivity contribution in [3.05, 3.63) is 41.5 Å². The molecule has 0 bridgehead atoms. The second-order valence-corrected chi connectivity index (χ2v) is 7.15. The summed E-state index contributed by atoms with van der Waals surface area (Å²) in [6.45, 7) is 2.92. The van der Waals surface area contributed by atoms with Crippen molar-refractivity contribution in [2.75, 3.05) is 6.54 Å². The molecule has 1 aliphatic carbocycles. The molecular weight excluding hydrogens is 330 g/mol. The molecule has 7 heteroatoms. The Morgan fingerprint density at radius 2 is 2.08 bits per heavy atom. The first-order valence-corrected chi connectivity index (χ1v) is 9.48. The van der Waals surface area contributed by atoms with Crippen molar-refractivity contribution in [3.8, 4) is 0 Å². The molecule has 26 heavy (non-hydrogen) atoms. The van der Waals surface area contributed by atoms with Crippen LogP contribution < -0.4 is 0 Å². The van der Waals surface area contributed by atoms with Crippen LogP contribution in [0.5, 0.6) is 0 Å². The molecular formula is C19H25N5O2. The molecule has 2 aromatic heterocycles. The van der Waals surface area contributed by atoms with Crippen molar-refractivity contribution < 1.29 is 9.53 Å². The van der Waals surface area contributed by atoms with Gasteiger partial charge in [-0.25, -0.2) is 4.68 Å². The minimum absolute atomic E-state index is 0.205. The third kappa shape index (κ3) is 3.77. The molecule has 0 N–H and O–H groups in total. The van der Waals surface area contributed by atoms with Gasteiger partial charge in [0.15, 0.2) is 0 Å². The van der Waals surface area contributed by atoms with Crippen LogP contribution in [0.2, 0.25) is 0 Å². The van der Waals surface area contributed by atoms with Crippen LogP contribution in [0.1, 0.15) is 49.1 Å². The molecule has 0 aromatic carbocycles. The molecule has 1 fully saturated rings. The lowest BCUT2D eigenvalue weighted by Crippen LogP contribution is -2.42. The number of rotatable bonds is 5. The molecule has 0 radical (unpaired) electrons. The van der Waals surface area contributed by atoms with Gasteiger partial charge in [0.1, 0.15) is 5.69 Å². The number of aromatic nitrogens is 4. The highest BCUT2D eigenvalue weighted by atomic mass is 16.5. The molecule has 0 unspecified atom stereocenters. The molecule has 1 amide bonds. The van der Waals surface area contributed by atoms with Gasteiger partial charge in [-0.3, -0.25) is 9.78 Å². The normalized spacial score (nSPS) is 17.9. The molecule has 138 valence electrons. The maximum Gasteiger partial charge on any atom is 0.226 e. The monoisotopic (exact) mass is 355 g/mol. The molecule has 0 atom stereocenters. The molecule has 1 aliphatic heterocycles. The number of hydrogen-bond donors (Lipinski definition) is 0. The highest BCUT2D eigenvalue weighted by Crippen LogP contribution is 2.27. The predicted octanol–water partition coefficient (Wildman–Crippen LogP) is 2.31. The van der Waals surface area contributed by atoms with Crippen molar-refractivity contribution >= 4 is 5.91 Å². The maximum absolute atomic E-state index is 12.8. The Labute approximate surface area is 153 Å². The van der Waals surface area contributed by atoms with Crippen LogP contribution >= 0.6 is 0 Å². The van der Waals surface area contributed by atoms with Crippen LogP contribution in [0.25, 0.3) is 0 Å². The Bertz CT molecular complexity index is 740. The average molecular weight is 355 g/mol. The van der Waals surface area contributed by atoms with Gasteiger partial charge in [0.2, 0.25) is 5.91 Å². The Kier molecular flexibility index (Phi) is 5.24. The molecule has 1 saturated carbocycles. The fourth-order valence-electron chi connectivity index (χ4n) is 3.85. The third-order valence-electron chi connectivity index (χ3n) is 5.34. The van der Waals surface area contributed by atoms with E-state index in [1.807, 2.05) is 21.7 Å². The van der Waals surface area contributed by atoms with Crippen LogP contribution in [-0.4, -0.2) is 37.3 Å². The summed E-state index contributed by atoms with van der Waals surface area (Å²) in [6.07, 6.45) is 9.23. The van der Waals surface area contributed by atoms with Crippen molar-refractivity contribution in [1.82, 2.24) is 24.9 Å². The number of carbonyl (C=O) groups is 1. The summed E-state index contributed by atoms with van der Waals surface area (Å²) in [4.78, 5) is 18.9. The average Bonchev–Trinajstić information content (AvgIpc) is 3.11. The summed E-state index contributed by atoms with van der Waals surface area (Å²) in [7, 11) is 0. The lowest BCUT2D eigenvalue weighted by Gasteiger charge is -2.32. The van der Waals surface area contributed by atoms with Gasteiger partial charge in [-0.2, -0.15) is 0 Å². The van der Waals surface area contributed by atoms with E-state index in [2.05, 4.69) is 15.3 Å². The van der Waals surface area contributed by atoms with Crippen LogP contribution in [-0.2, 0) is 35.8 Å². The van der Waals surface area contributed by atoms with Gasteiger partial charge in [-0.15, -0.1) is 5.10 Å². The fourth-order valence-corrected chi connectivity index (χ4v) is 3.85. The van der Waals surface area contributed by atoms with Gasteiger partial charge in [0, 0.05) is 24.9 Å². The molecule has 0 saturated heterocycles. The molecule has 0 spiro atoms. The lowest BCUT2D eigenvalue weighted by molar-refractivity contribution is -0.138. The van der Waals surface area contributed by atoms with Crippen LogP contribution in [0.3, 0.4) is 0 Å². The highest BCUT2D eigenvalue weighted by Gasteiger charge is 2.30. The van der Waals surface area contributed by atoms with Gasteiger partial charge >= 0.3 is 0 Å². The minimum atomic E-state index is 0.205. The quantitative estimate of drug-likeness (QED) is 0.823. The van der Waals surface area contributed by atoms with E-state index in [1.165, 1.54) is 19.3 Å². The van der Waals surface area contributed by atoms with E-state index in [-0.39, 0.29) is 5.92 Å². The van der Waals surface area contributed by atoms with Gasteiger partial charge < -0.3 is 9.64 Å². The third-order valence-corrected chi connectivity index (χ3v) is 5.34. The van der Waals surface area contributed by atoms with Gasteiger partial charge in [0.25, 0.3) is 0 Å². The van der Waals surface area contributed by atoms with Crippen molar-refractivity contribution in [3.63, 3.8) is 0 Å². The maximum atomic E-state index is 12.8. The first-order chi connectivity index (χ1) is 12.8. The Balaban J connectivity index is 1.37. The topological polar surface area (TPSA) is 73.1 Å². The zero-order valence-electron chi connectivity index (χ0n) is 15.0. The van der Waals surface area contributed by atoms with Gasteiger partial charge in [-0.1, -0.05) is 30.5 Å². The summed E-state index contributed by atoms with van der Waals surface area (Å²) in [6, 6.07) is 3.88. The lowest BCUT2D eigenvalue weighted by atomic mass is 9.88. The zero-order valence-corrected chi connectivity index (χ0v) is 15.0. The smallest absolute Gasteiger partial charge is 0.226 e. The number of ether oxygens (including phenoxy) is 1. The largest absolute Gasteiger partial charge is 0.370 e. The van der Waals surface area contributed by atoms with Crippen LogP contribution in [0, 0.1) is 5.92 Å². The second kappa shape index (κ2) is 7.95. The Hall–Kier alpha value is -2.28. The van der Waals surface area contributed by atoms with Gasteiger partial charge in [-0.05, 0) is 24.5 Å². The molecule has 2 aromatic rings. The van der Waals surface area contributed by atoms with E-state index in [0.29, 0.717) is 32.2 Å². The Morgan fingerprint density at radius 3 is 2.88 bits per heavy atom. The van der Waals surface area contributed by atoms with E-state index < -0.39 is 0 Å². The number of nitrogens with zero attached hydrogens (tertiary/aromatic N) is 5. The predicted molar refractivity (Wildman–Crippen MR) is 94.7 cm³/mol. The first-order valence-electron chi connectivity index (χ1n) is 9.48. The fraction of sp³-hybridized carbons (Fsp3) is 0.579. The number of amides is 1. The van der Waals surface area contributed by atoms with Crippen molar-refractivity contribution in [2.45, 2.75) is 58.4 Å². The summed E-state index contributed by atoms with van der Waals surface area (Å²) >= 11 is 0. The summed E-state index contributed by atoms with van der Waals surface area (Å²) < 4.78 is 7.69. The molecule has 4 rings (SSSR count). The standard InChI is InChI=1S/C19H25N5O2/c25-19(16-6-2-1-3-7-16)23-9-10-24-18(12-23)17(21-22-24)14-26-13-15-5-4-8-20-11-15/h4-5,8,11,16H,1-3,6-7,9-10,12-14H2. The van der Waals surface area contributed by atoms with E-state index in [0.717, 1.165) is 36.3 Å². The number of hydrogen-bond acceptors (Lipinski definition) is 5. The highest BCUT2D eigenvalue weighted by molar-refractivity contribution is 5.79. The van der Waals surface area contributed by atoms with Crippen molar-refractivity contribution in [1.29, 1.82) is 0 Å². The number of carbonyl (C=O) groups excluding carboxylic acids is 1. The summed E-state index contributed by atoms with van der Waals surface area (Å²) in [5.74, 6) is 0.510. The molecule has 3 heterocycles. The van der Waals surface area contributed by atoms with Crippen molar-refractivity contribution in [2.24, 2.45) is 5.92 Å². The molecule has 7 nitrogen and oxygen atoms in total. The van der Waals surface area contributed by atoms with Crippen LogP contribution in [0.15, 0.2) is 24.5 Å². The second-order valence-electron chi connectivity index (χ2n) is 7.15. The number of fused-ring (bicyclic) bond motifs is 1. The minimum Gasteiger partial charge on any atom is -0.370 e. The first kappa shape index (κ1) is 17.1. The van der Waals surface area contributed by atoms with E-state index in [4.69, 9.17) is 4.74 Å². The number of pyridine rings is 1. The van der Waals surface area contributed by atoms with E-state index in [1.54, 1.807) is 12.4 Å². The molecule has 2 aliphatic rings. The summed E-state index contributed by atoms with van der Waals surface area (Å²) in [5, 5.41) is 8.49. The SMILES string of the molecule is O=C(C1CCCCC1)N1CCn2nnc(COCc3cccnc3)c2C1. The summed E-state index contributed by atoms with van der Waals surface area (Å²) in [5.41, 5.74) is 2.87. The van der Waals surface area contributed by atoms with E-state index >= 15 is 0 Å². The zero-order chi connectivity index (χ0) is 17.8. The van der Waals surface area contributed by atoms with Crippen LogP contribution in [0.4, 0.5) is 0 Å². The van der Waals surface area contributed by atoms with E-state index in [9.17, 15) is 4.79 Å². The Morgan fingerprint density at radius 1 is 1.19 bits per heavy atom.